The van der Waals surface area contributed by atoms with Crippen molar-refractivity contribution in [1.29, 1.82) is 0 Å². The normalized spacial score (nSPS) is 21.7. The first-order valence-electron chi connectivity index (χ1n) is 6.83. The van der Waals surface area contributed by atoms with Crippen LogP contribution in [0.5, 0.6) is 0 Å². The number of carboxylic acid groups (broad SMARTS) is 1. The zero-order chi connectivity index (χ0) is 15.6. The highest BCUT2D eigenvalue weighted by Gasteiger charge is 2.47. The number of hydrogen-bond acceptors (Lipinski definition) is 4. The van der Waals surface area contributed by atoms with Crippen LogP contribution in [0.4, 0.5) is 4.79 Å². The molecule has 1 saturated heterocycles. The molecule has 0 spiro atoms. The van der Waals surface area contributed by atoms with E-state index in [2.05, 4.69) is 5.32 Å². The Morgan fingerprint density at radius 2 is 2.19 bits per heavy atom. The van der Waals surface area contributed by atoms with Gasteiger partial charge in [0.25, 0.3) is 5.91 Å². The molecule has 1 fully saturated rings. The van der Waals surface area contributed by atoms with Crippen molar-refractivity contribution in [3.05, 3.63) is 23.7 Å². The molecule has 7 heteroatoms. The number of aromatic carboxylic acids is 1. The van der Waals surface area contributed by atoms with E-state index in [0.717, 1.165) is 17.7 Å². The molecule has 1 aliphatic heterocycles. The smallest absolute Gasteiger partial charge is 0.339 e. The Labute approximate surface area is 121 Å². The maximum Gasteiger partial charge on any atom is 0.339 e. The van der Waals surface area contributed by atoms with Gasteiger partial charge in [0.15, 0.2) is 0 Å². The zero-order valence-corrected chi connectivity index (χ0v) is 12.0. The summed E-state index contributed by atoms with van der Waals surface area (Å²) in [5.74, 6) is -1.42. The summed E-state index contributed by atoms with van der Waals surface area (Å²) in [5, 5.41) is 11.7. The van der Waals surface area contributed by atoms with Gasteiger partial charge < -0.3 is 14.8 Å². The molecule has 0 saturated carbocycles. The number of carbonyl (C=O) groups is 3. The van der Waals surface area contributed by atoms with E-state index < -0.39 is 17.5 Å². The second kappa shape index (κ2) is 5.59. The molecule has 0 aliphatic carbocycles. The highest BCUT2D eigenvalue weighted by Crippen LogP contribution is 2.25. The first-order valence-corrected chi connectivity index (χ1v) is 6.83. The average molecular weight is 294 g/mol. The number of amides is 3. The van der Waals surface area contributed by atoms with Crippen LogP contribution < -0.4 is 5.32 Å². The number of carbonyl (C=O) groups excluding carboxylic acids is 2. The van der Waals surface area contributed by atoms with Crippen LogP contribution in [0.15, 0.2) is 16.7 Å². The predicted molar refractivity (Wildman–Crippen MR) is 72.7 cm³/mol. The lowest BCUT2D eigenvalue weighted by Gasteiger charge is -2.21. The molecule has 2 N–H and O–H groups in total. The molecule has 0 radical (unpaired) electrons. The summed E-state index contributed by atoms with van der Waals surface area (Å²) in [6.07, 6.45) is 3.51. The summed E-state index contributed by atoms with van der Waals surface area (Å²) >= 11 is 0. The van der Waals surface area contributed by atoms with E-state index >= 15 is 0 Å². The fourth-order valence-corrected chi connectivity index (χ4v) is 2.39. The second-order valence-electron chi connectivity index (χ2n) is 5.32. The quantitative estimate of drug-likeness (QED) is 0.781. The van der Waals surface area contributed by atoms with Gasteiger partial charge in [-0.2, -0.15) is 0 Å². The topological polar surface area (TPSA) is 99.8 Å². The van der Waals surface area contributed by atoms with E-state index in [1.54, 1.807) is 6.92 Å². The number of urea groups is 1. The lowest BCUT2D eigenvalue weighted by molar-refractivity contribution is -0.131. The van der Waals surface area contributed by atoms with Gasteiger partial charge in [0.2, 0.25) is 0 Å². The number of nitrogens with one attached hydrogen (secondary N) is 1. The van der Waals surface area contributed by atoms with Gasteiger partial charge in [-0.3, -0.25) is 9.69 Å². The Hall–Kier alpha value is -2.31. The van der Waals surface area contributed by atoms with Crippen molar-refractivity contribution >= 4 is 17.9 Å². The molecule has 2 rings (SSSR count). The van der Waals surface area contributed by atoms with Gasteiger partial charge in [-0.25, -0.2) is 9.59 Å². The molecular formula is C14H18N2O5. The first-order chi connectivity index (χ1) is 9.89. The molecule has 114 valence electrons. The summed E-state index contributed by atoms with van der Waals surface area (Å²) in [5.41, 5.74) is -0.971. The minimum absolute atomic E-state index is 0.0437. The van der Waals surface area contributed by atoms with Crippen LogP contribution in [0.2, 0.25) is 0 Å². The van der Waals surface area contributed by atoms with Gasteiger partial charge in [-0.05, 0) is 19.4 Å². The molecule has 1 aromatic rings. The minimum atomic E-state index is -1.15. The molecule has 1 atom stereocenters. The van der Waals surface area contributed by atoms with E-state index in [-0.39, 0.29) is 23.8 Å². The van der Waals surface area contributed by atoms with Crippen molar-refractivity contribution < 1.29 is 23.9 Å². The number of carboxylic acids is 1. The fraction of sp³-hybridized carbons (Fsp3) is 0.500. The number of furan rings is 1. The van der Waals surface area contributed by atoms with Gasteiger partial charge in [-0.15, -0.1) is 0 Å². The molecule has 7 nitrogen and oxygen atoms in total. The number of nitrogens with zero attached hydrogens (tertiary/aromatic N) is 1. The van der Waals surface area contributed by atoms with Gasteiger partial charge in [-0.1, -0.05) is 19.8 Å². The van der Waals surface area contributed by atoms with Gasteiger partial charge in [0.05, 0.1) is 12.8 Å². The first kappa shape index (κ1) is 15.1. The third kappa shape index (κ3) is 2.76. The van der Waals surface area contributed by atoms with Gasteiger partial charge >= 0.3 is 12.0 Å². The molecule has 0 aromatic carbocycles. The Morgan fingerprint density at radius 1 is 1.48 bits per heavy atom. The monoisotopic (exact) mass is 294 g/mol. The van der Waals surface area contributed by atoms with Crippen LogP contribution >= 0.6 is 0 Å². The van der Waals surface area contributed by atoms with Crippen LogP contribution in [0.3, 0.4) is 0 Å². The van der Waals surface area contributed by atoms with E-state index in [0.29, 0.717) is 6.42 Å². The highest BCUT2D eigenvalue weighted by atomic mass is 16.4. The zero-order valence-electron chi connectivity index (χ0n) is 12.0. The molecule has 0 bridgehead atoms. The molecule has 3 amide bonds. The fourth-order valence-electron chi connectivity index (χ4n) is 2.39. The van der Waals surface area contributed by atoms with Crippen molar-refractivity contribution in [2.75, 3.05) is 0 Å². The molecule has 2 heterocycles. The summed E-state index contributed by atoms with van der Waals surface area (Å²) in [6, 6.07) is 0.776. The van der Waals surface area contributed by atoms with Crippen molar-refractivity contribution in [3.63, 3.8) is 0 Å². The summed E-state index contributed by atoms with van der Waals surface area (Å²) in [6.45, 7) is 3.51. The van der Waals surface area contributed by atoms with Gasteiger partial charge in [0, 0.05) is 0 Å². The van der Waals surface area contributed by atoms with Crippen LogP contribution in [0.25, 0.3) is 0 Å². The number of hydrogen-bond donors (Lipinski definition) is 2. The minimum Gasteiger partial charge on any atom is -0.478 e. The number of unbranched alkanes of at least 4 members (excludes halogenated alkanes) is 1. The summed E-state index contributed by atoms with van der Waals surface area (Å²) in [4.78, 5) is 36.4. The van der Waals surface area contributed by atoms with Crippen LogP contribution in [-0.4, -0.2) is 33.5 Å². The molecule has 1 aliphatic rings. The van der Waals surface area contributed by atoms with Crippen molar-refractivity contribution in [1.82, 2.24) is 10.2 Å². The predicted octanol–water partition coefficient (Wildman–Crippen LogP) is 1.98. The van der Waals surface area contributed by atoms with E-state index in [1.807, 2.05) is 6.92 Å². The SMILES string of the molecule is CCCCC1(C)NC(=O)N(Cc2occc2C(=O)O)C1=O. The lowest BCUT2D eigenvalue weighted by atomic mass is 9.95. The standard InChI is InChI=1S/C14H18N2O5/c1-3-4-6-14(2)12(19)16(13(20)15-14)8-10-9(11(17)18)5-7-21-10/h5,7H,3-4,6,8H2,1-2H3,(H,15,20)(H,17,18). The maximum absolute atomic E-state index is 12.4. The lowest BCUT2D eigenvalue weighted by Crippen LogP contribution is -2.43. The molecule has 1 unspecified atom stereocenters. The summed E-state index contributed by atoms with van der Waals surface area (Å²) < 4.78 is 5.08. The second-order valence-corrected chi connectivity index (χ2v) is 5.32. The highest BCUT2D eigenvalue weighted by molar-refractivity contribution is 6.06. The third-order valence-corrected chi connectivity index (χ3v) is 3.65. The van der Waals surface area contributed by atoms with Crippen LogP contribution in [0, 0.1) is 0 Å². The summed E-state index contributed by atoms with van der Waals surface area (Å²) in [7, 11) is 0. The molecule has 1 aromatic heterocycles. The van der Waals surface area contributed by atoms with Crippen LogP contribution in [-0.2, 0) is 11.3 Å². The third-order valence-electron chi connectivity index (χ3n) is 3.65. The average Bonchev–Trinajstić information content (AvgIpc) is 2.96. The molecule has 21 heavy (non-hydrogen) atoms. The largest absolute Gasteiger partial charge is 0.478 e. The number of imide groups is 1. The Bertz CT molecular complexity index is 580. The van der Waals surface area contributed by atoms with E-state index in [9.17, 15) is 14.4 Å². The Morgan fingerprint density at radius 3 is 2.81 bits per heavy atom. The van der Waals surface area contributed by atoms with E-state index in [4.69, 9.17) is 9.52 Å². The van der Waals surface area contributed by atoms with Crippen molar-refractivity contribution in [2.45, 2.75) is 45.2 Å². The van der Waals surface area contributed by atoms with Gasteiger partial charge in [0.1, 0.15) is 16.9 Å². The Balaban J connectivity index is 2.17. The van der Waals surface area contributed by atoms with Crippen molar-refractivity contribution in [2.24, 2.45) is 0 Å². The van der Waals surface area contributed by atoms with E-state index in [1.165, 1.54) is 12.3 Å². The maximum atomic E-state index is 12.4. The molecular weight excluding hydrogens is 276 g/mol. The van der Waals surface area contributed by atoms with Crippen molar-refractivity contribution in [3.8, 4) is 0 Å². The Kier molecular flexibility index (Phi) is 4.02. The number of rotatable bonds is 6. The van der Waals surface area contributed by atoms with Crippen LogP contribution in [0.1, 0.15) is 49.2 Å².